The Kier molecular flexibility index (Phi) is 5.39. The van der Waals surface area contributed by atoms with Gasteiger partial charge >= 0.3 is 6.18 Å². The van der Waals surface area contributed by atoms with Gasteiger partial charge in [0.2, 0.25) is 11.8 Å². The van der Waals surface area contributed by atoms with Gasteiger partial charge in [0.15, 0.2) is 0 Å². The smallest absolute Gasteiger partial charge is 0.423 e. The van der Waals surface area contributed by atoms with Crippen LogP contribution in [0, 0.1) is 0 Å². The lowest BCUT2D eigenvalue weighted by Crippen LogP contribution is -2.26. The topological polar surface area (TPSA) is 56.3 Å². The molecule has 0 aliphatic heterocycles. The summed E-state index contributed by atoms with van der Waals surface area (Å²) in [6, 6.07) is 6.91. The predicted octanol–water partition coefficient (Wildman–Crippen LogP) is 4.82. The van der Waals surface area contributed by atoms with Crippen LogP contribution in [0.5, 0.6) is 11.6 Å². The molecule has 2 rings (SSSR count). The van der Waals surface area contributed by atoms with E-state index in [1.165, 1.54) is 0 Å². The Morgan fingerprint density at radius 1 is 1.08 bits per heavy atom. The molecule has 8 heteroatoms. The molecule has 0 bridgehead atoms. The summed E-state index contributed by atoms with van der Waals surface area (Å²) in [6.07, 6.45) is -3.89. The summed E-state index contributed by atoms with van der Waals surface area (Å²) in [5.41, 5.74) is -1.23. The van der Waals surface area contributed by atoms with Crippen molar-refractivity contribution in [3.05, 3.63) is 36.0 Å². The first-order valence-corrected chi connectivity index (χ1v) is 7.71. The van der Waals surface area contributed by atoms with Crippen LogP contribution in [0.1, 0.15) is 33.3 Å². The SMILES string of the molecule is CCOc1ccc(Nc2ncc(C(F)(F)F)c(OC(C)(C)C)n2)cc1. The zero-order valence-electron chi connectivity index (χ0n) is 14.4. The average Bonchev–Trinajstić information content (AvgIpc) is 2.47. The maximum atomic E-state index is 13.1. The Balaban J connectivity index is 2.28. The molecule has 0 saturated carbocycles. The number of benzene rings is 1. The van der Waals surface area contributed by atoms with Gasteiger partial charge in [0, 0.05) is 11.9 Å². The summed E-state index contributed by atoms with van der Waals surface area (Å²) in [6.45, 7) is 7.36. The molecule has 0 atom stereocenters. The van der Waals surface area contributed by atoms with Gasteiger partial charge in [-0.25, -0.2) is 4.98 Å². The van der Waals surface area contributed by atoms with Crippen LogP contribution >= 0.6 is 0 Å². The molecule has 2 aromatic rings. The van der Waals surface area contributed by atoms with Crippen LogP contribution in [0.15, 0.2) is 30.5 Å². The normalized spacial score (nSPS) is 12.0. The number of hydrogen-bond donors (Lipinski definition) is 1. The van der Waals surface area contributed by atoms with E-state index >= 15 is 0 Å². The monoisotopic (exact) mass is 355 g/mol. The van der Waals surface area contributed by atoms with Crippen molar-refractivity contribution in [2.24, 2.45) is 0 Å². The summed E-state index contributed by atoms with van der Waals surface area (Å²) >= 11 is 0. The summed E-state index contributed by atoms with van der Waals surface area (Å²) < 4.78 is 50.0. The Morgan fingerprint density at radius 2 is 1.72 bits per heavy atom. The van der Waals surface area contributed by atoms with E-state index in [0.29, 0.717) is 24.2 Å². The van der Waals surface area contributed by atoms with Crippen LogP contribution < -0.4 is 14.8 Å². The number of hydrogen-bond acceptors (Lipinski definition) is 5. The van der Waals surface area contributed by atoms with Gasteiger partial charge in [-0.2, -0.15) is 18.2 Å². The molecule has 0 aliphatic carbocycles. The Bertz CT molecular complexity index is 711. The number of nitrogens with one attached hydrogen (secondary N) is 1. The van der Waals surface area contributed by atoms with Crippen LogP contribution in [-0.4, -0.2) is 22.2 Å². The van der Waals surface area contributed by atoms with Gasteiger partial charge in [-0.15, -0.1) is 0 Å². The molecule has 136 valence electrons. The maximum Gasteiger partial charge on any atom is 0.423 e. The molecule has 0 aliphatic rings. The molecule has 0 spiro atoms. The molecule has 0 amide bonds. The highest BCUT2D eigenvalue weighted by Gasteiger charge is 2.37. The van der Waals surface area contributed by atoms with E-state index in [9.17, 15) is 13.2 Å². The number of halogens is 3. The minimum absolute atomic E-state index is 0.0106. The number of anilines is 2. The van der Waals surface area contributed by atoms with Crippen LogP contribution in [0.3, 0.4) is 0 Å². The van der Waals surface area contributed by atoms with Crippen molar-refractivity contribution in [2.45, 2.75) is 39.5 Å². The van der Waals surface area contributed by atoms with Gasteiger partial charge in [0.05, 0.1) is 6.61 Å². The summed E-state index contributed by atoms with van der Waals surface area (Å²) in [5, 5.41) is 2.85. The average molecular weight is 355 g/mol. The van der Waals surface area contributed by atoms with E-state index in [-0.39, 0.29) is 5.95 Å². The first-order valence-electron chi connectivity index (χ1n) is 7.71. The van der Waals surface area contributed by atoms with Crippen molar-refractivity contribution in [1.82, 2.24) is 9.97 Å². The molecule has 0 radical (unpaired) electrons. The largest absolute Gasteiger partial charge is 0.494 e. The third-order valence-corrected chi connectivity index (χ3v) is 2.88. The molecule has 5 nitrogen and oxygen atoms in total. The molecule has 0 fully saturated rings. The number of rotatable bonds is 5. The van der Waals surface area contributed by atoms with Gasteiger partial charge in [-0.05, 0) is 52.0 Å². The molecule has 1 heterocycles. The highest BCUT2D eigenvalue weighted by Crippen LogP contribution is 2.36. The Morgan fingerprint density at radius 3 is 2.24 bits per heavy atom. The second-order valence-electron chi connectivity index (χ2n) is 6.21. The Labute approximate surface area is 144 Å². The van der Waals surface area contributed by atoms with Crippen LogP contribution in [-0.2, 0) is 6.18 Å². The predicted molar refractivity (Wildman–Crippen MR) is 88.3 cm³/mol. The lowest BCUT2D eigenvalue weighted by atomic mass is 10.2. The van der Waals surface area contributed by atoms with Crippen molar-refractivity contribution in [2.75, 3.05) is 11.9 Å². The van der Waals surface area contributed by atoms with E-state index in [1.54, 1.807) is 45.0 Å². The molecule has 0 saturated heterocycles. The standard InChI is InChI=1S/C17H20F3N3O2/c1-5-24-12-8-6-11(7-9-12)22-15-21-10-13(17(18,19)20)14(23-15)25-16(2,3)4/h6-10H,5H2,1-4H3,(H,21,22,23). The van der Waals surface area contributed by atoms with Crippen LogP contribution in [0.2, 0.25) is 0 Å². The second-order valence-corrected chi connectivity index (χ2v) is 6.21. The highest BCUT2D eigenvalue weighted by molar-refractivity contribution is 5.55. The summed E-state index contributed by atoms with van der Waals surface area (Å²) in [7, 11) is 0. The molecule has 0 unspecified atom stereocenters. The summed E-state index contributed by atoms with van der Waals surface area (Å²) in [5.74, 6) is 0.193. The van der Waals surface area contributed by atoms with E-state index in [4.69, 9.17) is 9.47 Å². The molecular weight excluding hydrogens is 335 g/mol. The lowest BCUT2D eigenvalue weighted by molar-refractivity contribution is -0.140. The van der Waals surface area contributed by atoms with Gasteiger partial charge < -0.3 is 14.8 Å². The maximum absolute atomic E-state index is 13.1. The van der Waals surface area contributed by atoms with Crippen molar-refractivity contribution < 1.29 is 22.6 Å². The number of nitrogens with zero attached hydrogens (tertiary/aromatic N) is 2. The zero-order chi connectivity index (χ0) is 18.7. The van der Waals surface area contributed by atoms with E-state index in [1.807, 2.05) is 6.92 Å². The molecule has 25 heavy (non-hydrogen) atoms. The fraction of sp³-hybridized carbons (Fsp3) is 0.412. The fourth-order valence-corrected chi connectivity index (χ4v) is 1.92. The van der Waals surface area contributed by atoms with E-state index in [2.05, 4.69) is 15.3 Å². The first kappa shape index (κ1) is 18.8. The molecular formula is C17H20F3N3O2. The number of alkyl halides is 3. The fourth-order valence-electron chi connectivity index (χ4n) is 1.92. The minimum atomic E-state index is -4.60. The second kappa shape index (κ2) is 7.16. The van der Waals surface area contributed by atoms with Crippen molar-refractivity contribution >= 4 is 11.6 Å². The first-order chi connectivity index (χ1) is 11.6. The molecule has 1 aromatic carbocycles. The Hall–Kier alpha value is -2.51. The number of aromatic nitrogens is 2. The van der Waals surface area contributed by atoms with Gasteiger partial charge in [0.1, 0.15) is 16.9 Å². The van der Waals surface area contributed by atoms with Crippen LogP contribution in [0.25, 0.3) is 0 Å². The third kappa shape index (κ3) is 5.51. The van der Waals surface area contributed by atoms with Gasteiger partial charge in [-0.3, -0.25) is 0 Å². The van der Waals surface area contributed by atoms with Crippen LogP contribution in [0.4, 0.5) is 24.8 Å². The van der Waals surface area contributed by atoms with Gasteiger partial charge in [-0.1, -0.05) is 0 Å². The third-order valence-electron chi connectivity index (χ3n) is 2.88. The molecule has 1 N–H and O–H groups in total. The minimum Gasteiger partial charge on any atom is -0.494 e. The van der Waals surface area contributed by atoms with Gasteiger partial charge in [0.25, 0.3) is 0 Å². The van der Waals surface area contributed by atoms with Crippen molar-refractivity contribution in [3.8, 4) is 11.6 Å². The number of ether oxygens (including phenoxy) is 2. The zero-order valence-corrected chi connectivity index (χ0v) is 14.4. The van der Waals surface area contributed by atoms with E-state index in [0.717, 1.165) is 0 Å². The lowest BCUT2D eigenvalue weighted by Gasteiger charge is -2.23. The van der Waals surface area contributed by atoms with Crippen molar-refractivity contribution in [1.29, 1.82) is 0 Å². The van der Waals surface area contributed by atoms with Crippen molar-refractivity contribution in [3.63, 3.8) is 0 Å². The molecule has 1 aromatic heterocycles. The van der Waals surface area contributed by atoms with E-state index < -0.39 is 23.2 Å². The highest BCUT2D eigenvalue weighted by atomic mass is 19.4. The summed E-state index contributed by atoms with van der Waals surface area (Å²) in [4.78, 5) is 7.62. The quantitative estimate of drug-likeness (QED) is 0.834.